The van der Waals surface area contributed by atoms with Crippen LogP contribution in [0.2, 0.25) is 39.3 Å². The summed E-state index contributed by atoms with van der Waals surface area (Å²) in [5.74, 6) is 0.825. The van der Waals surface area contributed by atoms with Crippen molar-refractivity contribution >= 4 is 22.4 Å². The molecule has 0 aromatic carbocycles. The number of nitrogens with zero attached hydrogens (tertiary/aromatic N) is 1. The summed E-state index contributed by atoms with van der Waals surface area (Å²) >= 11 is 0. The molecule has 0 saturated heterocycles. The number of carbonyl (C=O) groups is 1. The molecule has 0 rings (SSSR count). The summed E-state index contributed by atoms with van der Waals surface area (Å²) < 4.78 is 8.08. The molecule has 0 N–H and O–H groups in total. The van der Waals surface area contributed by atoms with Gasteiger partial charge in [-0.2, -0.15) is 0 Å². The second-order valence-electron chi connectivity index (χ2n) is 7.38. The zero-order chi connectivity index (χ0) is 15.6. The van der Waals surface area contributed by atoms with E-state index < -0.39 is 16.5 Å². The van der Waals surface area contributed by atoms with Crippen molar-refractivity contribution in [2.45, 2.75) is 67.0 Å². The lowest BCUT2D eigenvalue weighted by atomic mass is 10.1. The smallest absolute Gasteiger partial charge is 0.307 e. The summed E-state index contributed by atoms with van der Waals surface area (Å²) in [7, 11) is -3.00. The summed E-state index contributed by atoms with van der Waals surface area (Å²) in [6, 6.07) is 0. The Hall–Kier alpha value is -0.556. The summed E-state index contributed by atoms with van der Waals surface area (Å²) in [6.07, 6.45) is 0. The molecule has 0 spiro atoms. The van der Waals surface area contributed by atoms with E-state index in [-0.39, 0.29) is 11.9 Å². The molecule has 0 saturated carbocycles. The maximum Gasteiger partial charge on any atom is 0.307 e. The Labute approximate surface area is 121 Å². The third-order valence-electron chi connectivity index (χ3n) is 2.81. The molecule has 112 valence electrons. The van der Waals surface area contributed by atoms with Gasteiger partial charge < -0.3 is 8.97 Å². The summed E-state index contributed by atoms with van der Waals surface area (Å²) in [4.78, 5) is 11.3. The number of hydrogen-bond acceptors (Lipinski definition) is 3. The maximum atomic E-state index is 11.3. The van der Waals surface area contributed by atoms with Gasteiger partial charge in [0.05, 0.1) is 0 Å². The van der Waals surface area contributed by atoms with Crippen LogP contribution >= 0.6 is 0 Å². The van der Waals surface area contributed by atoms with E-state index in [1.165, 1.54) is 6.92 Å². The van der Waals surface area contributed by atoms with Crippen LogP contribution in [0, 0.1) is 5.92 Å². The van der Waals surface area contributed by atoms with Crippen molar-refractivity contribution in [2.75, 3.05) is 0 Å². The van der Waals surface area contributed by atoms with Crippen molar-refractivity contribution in [3.63, 3.8) is 0 Å². The monoisotopic (exact) mass is 301 g/mol. The van der Waals surface area contributed by atoms with Gasteiger partial charge in [-0.1, -0.05) is 53.1 Å². The number of carbonyl (C=O) groups excluding carboxylic acids is 1. The van der Waals surface area contributed by atoms with Crippen LogP contribution in [0.1, 0.15) is 27.7 Å². The van der Waals surface area contributed by atoms with E-state index in [0.717, 1.165) is 11.5 Å². The highest BCUT2D eigenvalue weighted by atomic mass is 28.4. The van der Waals surface area contributed by atoms with Crippen molar-refractivity contribution in [1.82, 2.24) is 4.23 Å². The highest BCUT2D eigenvalue weighted by Gasteiger charge is 2.36. The topological polar surface area (TPSA) is 29.5 Å². The summed E-state index contributed by atoms with van der Waals surface area (Å²) in [5.41, 5.74) is 1.16. The van der Waals surface area contributed by atoms with Crippen LogP contribution in [0.25, 0.3) is 0 Å². The first-order chi connectivity index (χ1) is 8.28. The van der Waals surface area contributed by atoms with Gasteiger partial charge in [0.2, 0.25) is 0 Å². The minimum absolute atomic E-state index is 0.221. The van der Waals surface area contributed by atoms with E-state index in [2.05, 4.69) is 64.3 Å². The van der Waals surface area contributed by atoms with E-state index in [0.29, 0.717) is 0 Å². The average Bonchev–Trinajstić information content (AvgIpc) is 2.07. The second-order valence-corrected chi connectivity index (χ2v) is 17.4. The number of esters is 1. The molecule has 0 amide bonds. The maximum absolute atomic E-state index is 11.3. The van der Waals surface area contributed by atoms with E-state index in [1.807, 2.05) is 0 Å². The van der Waals surface area contributed by atoms with Crippen molar-refractivity contribution in [1.29, 1.82) is 0 Å². The van der Waals surface area contributed by atoms with E-state index in [9.17, 15) is 4.79 Å². The van der Waals surface area contributed by atoms with Gasteiger partial charge in [0.1, 0.15) is 22.2 Å². The highest BCUT2D eigenvalue weighted by Crippen LogP contribution is 2.29. The Morgan fingerprint density at radius 2 is 1.32 bits per heavy atom. The minimum atomic E-state index is -1.50. The molecule has 19 heavy (non-hydrogen) atoms. The molecule has 3 nitrogen and oxygen atoms in total. The van der Waals surface area contributed by atoms with Crippen LogP contribution in [0.15, 0.2) is 11.5 Å². The standard InChI is InChI=1S/C14H31NO2Si2/c1-11(2)14(17-13(4)16)12(3)15(18(5,6)7)19(8,9)10/h11H,1-10H3/b14-12-. The molecule has 0 fully saturated rings. The predicted octanol–water partition coefficient (Wildman–Crippen LogP) is 4.41. The molecular formula is C14H31NO2Si2. The number of allylic oxidation sites excluding steroid dienone is 2. The zero-order valence-corrected chi connectivity index (χ0v) is 16.3. The lowest BCUT2D eigenvalue weighted by Crippen LogP contribution is -2.58. The zero-order valence-electron chi connectivity index (χ0n) is 14.3. The molecular weight excluding hydrogens is 270 g/mol. The van der Waals surface area contributed by atoms with E-state index in [4.69, 9.17) is 4.74 Å². The van der Waals surface area contributed by atoms with Gasteiger partial charge >= 0.3 is 5.97 Å². The third kappa shape index (κ3) is 5.52. The lowest BCUT2D eigenvalue weighted by Gasteiger charge is -2.47. The van der Waals surface area contributed by atoms with Crippen LogP contribution in [-0.2, 0) is 9.53 Å². The molecule has 0 atom stereocenters. The van der Waals surface area contributed by atoms with Crippen LogP contribution in [0.5, 0.6) is 0 Å². The van der Waals surface area contributed by atoms with Gasteiger partial charge in [-0.3, -0.25) is 4.79 Å². The van der Waals surface area contributed by atoms with Gasteiger partial charge in [0, 0.05) is 18.5 Å². The van der Waals surface area contributed by atoms with Crippen LogP contribution in [-0.4, -0.2) is 26.7 Å². The van der Waals surface area contributed by atoms with Gasteiger partial charge in [0.25, 0.3) is 0 Å². The van der Waals surface area contributed by atoms with Gasteiger partial charge in [-0.05, 0) is 6.92 Å². The van der Waals surface area contributed by atoms with Crippen molar-refractivity contribution in [3.05, 3.63) is 11.5 Å². The largest absolute Gasteiger partial charge is 0.429 e. The molecule has 0 unspecified atom stereocenters. The fourth-order valence-corrected chi connectivity index (χ4v) is 13.2. The Bertz CT molecular complexity index is 349. The molecule has 0 aliphatic rings. The molecule has 5 heteroatoms. The summed E-state index contributed by atoms with van der Waals surface area (Å²) in [5, 5.41) is 0. The van der Waals surface area contributed by atoms with Crippen LogP contribution < -0.4 is 0 Å². The normalized spacial score (nSPS) is 14.3. The highest BCUT2D eigenvalue weighted by molar-refractivity contribution is 6.90. The van der Waals surface area contributed by atoms with E-state index in [1.54, 1.807) is 0 Å². The molecule has 0 radical (unpaired) electrons. The SMILES string of the molecule is CC(=O)O/C(=C(/C)N([Si](C)(C)C)[Si](C)(C)C)C(C)C. The first kappa shape index (κ1) is 18.4. The minimum Gasteiger partial charge on any atom is -0.429 e. The second kappa shape index (κ2) is 6.26. The molecule has 0 aromatic heterocycles. The number of ether oxygens (including phenoxy) is 1. The molecule has 0 bridgehead atoms. The van der Waals surface area contributed by atoms with Crippen molar-refractivity contribution in [2.24, 2.45) is 5.92 Å². The Balaban J connectivity index is 5.83. The van der Waals surface area contributed by atoms with Crippen LogP contribution in [0.4, 0.5) is 0 Å². The van der Waals surface area contributed by atoms with Crippen molar-refractivity contribution < 1.29 is 9.53 Å². The fourth-order valence-electron chi connectivity index (χ4n) is 2.89. The number of rotatable bonds is 5. The molecule has 0 heterocycles. The van der Waals surface area contributed by atoms with Gasteiger partial charge in [0.15, 0.2) is 0 Å². The first-order valence-corrected chi connectivity index (χ1v) is 13.9. The molecule has 0 aromatic rings. The van der Waals surface area contributed by atoms with Gasteiger partial charge in [-0.15, -0.1) is 0 Å². The first-order valence-electron chi connectivity index (χ1n) is 6.98. The molecule has 0 aliphatic carbocycles. The Morgan fingerprint density at radius 1 is 0.947 bits per heavy atom. The Morgan fingerprint density at radius 3 is 1.53 bits per heavy atom. The lowest BCUT2D eigenvalue weighted by molar-refractivity contribution is -0.137. The molecule has 0 aliphatic heterocycles. The van der Waals surface area contributed by atoms with E-state index >= 15 is 0 Å². The quantitative estimate of drug-likeness (QED) is 0.428. The average molecular weight is 302 g/mol. The Kier molecular flexibility index (Phi) is 6.08. The van der Waals surface area contributed by atoms with Crippen LogP contribution in [0.3, 0.4) is 0 Å². The third-order valence-corrected chi connectivity index (χ3v) is 10.2. The van der Waals surface area contributed by atoms with Gasteiger partial charge in [-0.25, -0.2) is 0 Å². The summed E-state index contributed by atoms with van der Waals surface area (Å²) in [6.45, 7) is 21.8. The van der Waals surface area contributed by atoms with Crippen molar-refractivity contribution in [3.8, 4) is 0 Å². The predicted molar refractivity (Wildman–Crippen MR) is 87.8 cm³/mol. The number of hydrogen-bond donors (Lipinski definition) is 0. The fraction of sp³-hybridized carbons (Fsp3) is 0.786.